The summed E-state index contributed by atoms with van der Waals surface area (Å²) in [6, 6.07) is 4.82. The minimum Gasteiger partial charge on any atom is -0.370 e. The van der Waals surface area contributed by atoms with Gasteiger partial charge in [0.15, 0.2) is 0 Å². The van der Waals surface area contributed by atoms with E-state index in [1.54, 1.807) is 29.6 Å². The third kappa shape index (κ3) is 5.40. The van der Waals surface area contributed by atoms with E-state index in [2.05, 4.69) is 16.0 Å². The Morgan fingerprint density at radius 3 is 2.68 bits per heavy atom. The lowest BCUT2D eigenvalue weighted by molar-refractivity contribution is -0.173. The Hall–Kier alpha value is -1.68. The molecule has 0 bridgehead atoms. The largest absolute Gasteiger partial charge is 0.471 e. The van der Waals surface area contributed by atoms with Gasteiger partial charge in [0.1, 0.15) is 6.29 Å². The van der Waals surface area contributed by atoms with Crippen LogP contribution in [-0.4, -0.2) is 31.5 Å². The summed E-state index contributed by atoms with van der Waals surface area (Å²) < 4.78 is 36.3. The number of carbonyl (C=O) groups is 1. The quantitative estimate of drug-likeness (QED) is 0.486. The normalized spacial score (nSPS) is 20.5. The number of benzene rings is 1. The van der Waals surface area contributed by atoms with Gasteiger partial charge in [-0.1, -0.05) is 35.3 Å². The van der Waals surface area contributed by atoms with Crippen LogP contribution in [0, 0.1) is 0 Å². The molecule has 138 valence electrons. The van der Waals surface area contributed by atoms with Crippen LogP contribution >= 0.6 is 23.2 Å². The second-order valence-corrected chi connectivity index (χ2v) is 5.96. The predicted octanol–water partition coefficient (Wildman–Crippen LogP) is 1.58. The molecule has 1 aliphatic heterocycles. The van der Waals surface area contributed by atoms with Gasteiger partial charge in [0, 0.05) is 13.1 Å². The van der Waals surface area contributed by atoms with Crippen molar-refractivity contribution in [1.29, 1.82) is 0 Å². The summed E-state index contributed by atoms with van der Waals surface area (Å²) in [6.07, 6.45) is -3.78. The number of nitrogens with two attached hydrogens (primary N) is 1. The van der Waals surface area contributed by atoms with E-state index in [-0.39, 0.29) is 19.1 Å². The number of hydrogen-bond acceptors (Lipinski definition) is 5. The second kappa shape index (κ2) is 8.13. The van der Waals surface area contributed by atoms with Crippen molar-refractivity contribution in [2.24, 2.45) is 5.73 Å². The van der Waals surface area contributed by atoms with Gasteiger partial charge in [0.05, 0.1) is 21.9 Å². The van der Waals surface area contributed by atoms with Gasteiger partial charge in [0.25, 0.3) is 0 Å². The average molecular weight is 398 g/mol. The van der Waals surface area contributed by atoms with E-state index in [1.165, 1.54) is 0 Å². The maximum absolute atomic E-state index is 12.1. The SMILES string of the molecule is NC1NC(NCCNC(=O)C(F)(F)F)=CC(c2cccc(Cl)c2Cl)N1. The Labute approximate surface area is 151 Å². The summed E-state index contributed by atoms with van der Waals surface area (Å²) in [7, 11) is 0. The van der Waals surface area contributed by atoms with Gasteiger partial charge < -0.3 is 16.0 Å². The summed E-state index contributed by atoms with van der Waals surface area (Å²) in [6.45, 7) is -0.133. The van der Waals surface area contributed by atoms with Crippen molar-refractivity contribution in [3.63, 3.8) is 0 Å². The van der Waals surface area contributed by atoms with Gasteiger partial charge in [-0.15, -0.1) is 0 Å². The number of halogens is 5. The number of amides is 1. The highest BCUT2D eigenvalue weighted by atomic mass is 35.5. The lowest BCUT2D eigenvalue weighted by Gasteiger charge is -2.31. The highest BCUT2D eigenvalue weighted by molar-refractivity contribution is 6.42. The smallest absolute Gasteiger partial charge is 0.370 e. The van der Waals surface area contributed by atoms with Crippen molar-refractivity contribution in [2.75, 3.05) is 13.1 Å². The van der Waals surface area contributed by atoms with Crippen molar-refractivity contribution >= 4 is 29.1 Å². The van der Waals surface area contributed by atoms with Gasteiger partial charge in [-0.25, -0.2) is 0 Å². The second-order valence-electron chi connectivity index (χ2n) is 5.17. The van der Waals surface area contributed by atoms with E-state index in [4.69, 9.17) is 28.9 Å². The van der Waals surface area contributed by atoms with Gasteiger partial charge >= 0.3 is 12.1 Å². The lowest BCUT2D eigenvalue weighted by Crippen LogP contribution is -2.55. The first kappa shape index (κ1) is 19.6. The Morgan fingerprint density at radius 2 is 2.00 bits per heavy atom. The number of rotatable bonds is 5. The average Bonchev–Trinajstić information content (AvgIpc) is 2.52. The molecule has 2 unspecified atom stereocenters. The van der Waals surface area contributed by atoms with E-state index in [0.29, 0.717) is 21.4 Å². The van der Waals surface area contributed by atoms with Gasteiger partial charge in [-0.05, 0) is 17.7 Å². The van der Waals surface area contributed by atoms with Gasteiger partial charge in [0.2, 0.25) is 0 Å². The lowest BCUT2D eigenvalue weighted by atomic mass is 10.1. The summed E-state index contributed by atoms with van der Waals surface area (Å²) in [5.41, 5.74) is 6.56. The number of nitrogens with one attached hydrogen (secondary N) is 4. The first-order valence-electron chi connectivity index (χ1n) is 7.21. The fourth-order valence-electron chi connectivity index (χ4n) is 2.19. The summed E-state index contributed by atoms with van der Waals surface area (Å²) in [5, 5.41) is 11.3. The Kier molecular flexibility index (Phi) is 6.39. The highest BCUT2D eigenvalue weighted by Crippen LogP contribution is 2.31. The van der Waals surface area contributed by atoms with Crippen LogP contribution in [0.1, 0.15) is 11.6 Å². The number of hydrogen-bond donors (Lipinski definition) is 5. The van der Waals surface area contributed by atoms with Crippen LogP contribution in [0.3, 0.4) is 0 Å². The molecular formula is C14H16Cl2F3N5O. The van der Waals surface area contributed by atoms with Crippen LogP contribution in [-0.2, 0) is 4.79 Å². The maximum atomic E-state index is 12.1. The van der Waals surface area contributed by atoms with Crippen LogP contribution in [0.25, 0.3) is 0 Å². The molecular weight excluding hydrogens is 382 g/mol. The summed E-state index contributed by atoms with van der Waals surface area (Å²) >= 11 is 12.2. The molecule has 2 rings (SSSR count). The molecule has 6 nitrogen and oxygen atoms in total. The van der Waals surface area contributed by atoms with E-state index < -0.39 is 18.4 Å². The molecule has 1 amide bonds. The molecule has 25 heavy (non-hydrogen) atoms. The number of carbonyl (C=O) groups excluding carboxylic acids is 1. The highest BCUT2D eigenvalue weighted by Gasteiger charge is 2.38. The first-order chi connectivity index (χ1) is 11.7. The monoisotopic (exact) mass is 397 g/mol. The minimum atomic E-state index is -4.90. The van der Waals surface area contributed by atoms with Gasteiger partial charge in [-0.2, -0.15) is 13.2 Å². The molecule has 1 aliphatic rings. The maximum Gasteiger partial charge on any atom is 0.471 e. The van der Waals surface area contributed by atoms with Crippen LogP contribution in [0.15, 0.2) is 30.1 Å². The van der Waals surface area contributed by atoms with Crippen LogP contribution in [0.2, 0.25) is 10.0 Å². The third-order valence-corrected chi connectivity index (χ3v) is 4.14. The molecule has 1 aromatic carbocycles. The fourth-order valence-corrected chi connectivity index (χ4v) is 2.61. The molecule has 2 atom stereocenters. The molecule has 0 saturated heterocycles. The van der Waals surface area contributed by atoms with E-state index in [9.17, 15) is 18.0 Å². The molecule has 1 aromatic rings. The summed E-state index contributed by atoms with van der Waals surface area (Å²) in [5.74, 6) is -1.49. The topological polar surface area (TPSA) is 91.2 Å². The van der Waals surface area contributed by atoms with Crippen LogP contribution in [0.4, 0.5) is 13.2 Å². The number of alkyl halides is 3. The molecule has 0 radical (unpaired) electrons. The zero-order valence-electron chi connectivity index (χ0n) is 12.8. The molecule has 1 heterocycles. The standard InChI is InChI=1S/C14H16Cl2F3N5O/c15-8-3-1-2-7(11(8)16)9-6-10(24-13(20)23-9)21-4-5-22-12(25)14(17,18)19/h1-3,6,9,13,21,23-24H,4-5,20H2,(H,22,25). The third-order valence-electron chi connectivity index (χ3n) is 3.30. The van der Waals surface area contributed by atoms with Crippen molar-refractivity contribution in [3.8, 4) is 0 Å². The molecule has 0 spiro atoms. The zero-order valence-corrected chi connectivity index (χ0v) is 14.3. The Bertz CT molecular complexity index is 668. The minimum absolute atomic E-state index is 0.0728. The zero-order chi connectivity index (χ0) is 18.6. The molecule has 0 fully saturated rings. The Morgan fingerprint density at radius 1 is 1.28 bits per heavy atom. The molecule has 0 aliphatic carbocycles. The molecule has 6 N–H and O–H groups in total. The molecule has 0 saturated carbocycles. The molecule has 11 heteroatoms. The van der Waals surface area contributed by atoms with Crippen molar-refractivity contribution in [1.82, 2.24) is 21.3 Å². The summed E-state index contributed by atoms with van der Waals surface area (Å²) in [4.78, 5) is 10.7. The molecule has 0 aromatic heterocycles. The van der Waals surface area contributed by atoms with Crippen LogP contribution < -0.4 is 27.0 Å². The van der Waals surface area contributed by atoms with E-state index in [1.807, 2.05) is 0 Å². The Balaban J connectivity index is 1.97. The van der Waals surface area contributed by atoms with E-state index in [0.717, 1.165) is 0 Å². The van der Waals surface area contributed by atoms with Crippen molar-refractivity contribution < 1.29 is 18.0 Å². The van der Waals surface area contributed by atoms with Crippen LogP contribution in [0.5, 0.6) is 0 Å². The van der Waals surface area contributed by atoms with Crippen molar-refractivity contribution in [2.45, 2.75) is 18.5 Å². The van der Waals surface area contributed by atoms with Gasteiger partial charge in [-0.3, -0.25) is 15.8 Å². The predicted molar refractivity (Wildman–Crippen MR) is 88.6 cm³/mol. The fraction of sp³-hybridized carbons (Fsp3) is 0.357. The van der Waals surface area contributed by atoms with E-state index >= 15 is 0 Å². The first-order valence-corrected chi connectivity index (χ1v) is 7.97. The van der Waals surface area contributed by atoms with Crippen molar-refractivity contribution in [3.05, 3.63) is 45.7 Å².